The van der Waals surface area contributed by atoms with E-state index in [9.17, 15) is 9.59 Å². The van der Waals surface area contributed by atoms with Crippen molar-refractivity contribution in [3.05, 3.63) is 59.7 Å². The molecule has 2 aromatic rings. The van der Waals surface area contributed by atoms with Crippen LogP contribution in [-0.4, -0.2) is 31.5 Å². The molecule has 140 valence electrons. The lowest BCUT2D eigenvalue weighted by Gasteiger charge is -2.21. The number of hydrogen-bond acceptors (Lipinski definition) is 3. The Balaban J connectivity index is 1.47. The molecule has 0 radical (unpaired) electrons. The first kappa shape index (κ1) is 17.6. The van der Waals surface area contributed by atoms with Crippen molar-refractivity contribution in [3.8, 4) is 5.75 Å². The minimum absolute atomic E-state index is 0.00461. The molecule has 2 amide bonds. The maximum absolute atomic E-state index is 13.0. The average Bonchev–Trinajstić information content (AvgIpc) is 3.41. The number of nitrogens with one attached hydrogen (secondary N) is 1. The second-order valence-corrected chi connectivity index (χ2v) is 7.50. The Morgan fingerprint density at radius 3 is 2.52 bits per heavy atom. The van der Waals surface area contributed by atoms with E-state index in [1.807, 2.05) is 55.5 Å². The van der Waals surface area contributed by atoms with Crippen LogP contribution in [0.3, 0.4) is 0 Å². The Hall–Kier alpha value is -2.82. The molecule has 1 aliphatic heterocycles. The molecule has 0 spiro atoms. The highest BCUT2D eigenvalue weighted by atomic mass is 16.5. The third kappa shape index (κ3) is 3.18. The van der Waals surface area contributed by atoms with Gasteiger partial charge in [0.15, 0.2) is 0 Å². The molecular weight excluding hydrogens is 340 g/mol. The number of rotatable bonds is 5. The summed E-state index contributed by atoms with van der Waals surface area (Å²) in [6, 6.07) is 15.5. The van der Waals surface area contributed by atoms with E-state index in [1.54, 1.807) is 12.0 Å². The first-order chi connectivity index (χ1) is 13.0. The minimum Gasteiger partial charge on any atom is -0.495 e. The first-order valence-corrected chi connectivity index (χ1v) is 9.35. The van der Waals surface area contributed by atoms with Gasteiger partial charge in [0, 0.05) is 13.0 Å². The van der Waals surface area contributed by atoms with E-state index in [4.69, 9.17) is 4.74 Å². The van der Waals surface area contributed by atoms with Gasteiger partial charge in [0.1, 0.15) is 5.75 Å². The van der Waals surface area contributed by atoms with Gasteiger partial charge in [-0.3, -0.25) is 9.59 Å². The van der Waals surface area contributed by atoms with Gasteiger partial charge in [-0.25, -0.2) is 0 Å². The third-order valence-electron chi connectivity index (χ3n) is 5.63. The van der Waals surface area contributed by atoms with Crippen LogP contribution in [0, 0.1) is 6.92 Å². The SMILES string of the molecule is COc1ccccc1N1C[C@H](NC(=O)C2(c3ccc(C)cc3)CC2)CC1=O. The van der Waals surface area contributed by atoms with Gasteiger partial charge in [0.05, 0.1) is 24.3 Å². The van der Waals surface area contributed by atoms with Crippen LogP contribution in [0.4, 0.5) is 5.69 Å². The summed E-state index contributed by atoms with van der Waals surface area (Å²) in [7, 11) is 1.59. The quantitative estimate of drug-likeness (QED) is 0.887. The van der Waals surface area contributed by atoms with E-state index in [1.165, 1.54) is 5.56 Å². The number of anilines is 1. The Labute approximate surface area is 159 Å². The van der Waals surface area contributed by atoms with Crippen LogP contribution >= 0.6 is 0 Å². The minimum atomic E-state index is -0.422. The number of carbonyl (C=O) groups excluding carboxylic acids is 2. The first-order valence-electron chi connectivity index (χ1n) is 9.35. The number of hydrogen-bond donors (Lipinski definition) is 1. The number of para-hydroxylation sites is 2. The molecular formula is C22H24N2O3. The van der Waals surface area contributed by atoms with Crippen LogP contribution in [0.15, 0.2) is 48.5 Å². The monoisotopic (exact) mass is 364 g/mol. The summed E-state index contributed by atoms with van der Waals surface area (Å²) in [4.78, 5) is 27.2. The van der Waals surface area contributed by atoms with Crippen molar-refractivity contribution in [2.45, 2.75) is 37.6 Å². The molecule has 2 aromatic carbocycles. The van der Waals surface area contributed by atoms with E-state index in [0.717, 1.165) is 24.1 Å². The van der Waals surface area contributed by atoms with E-state index >= 15 is 0 Å². The molecule has 0 unspecified atom stereocenters. The Morgan fingerprint density at radius 2 is 1.85 bits per heavy atom. The molecule has 1 aliphatic carbocycles. The van der Waals surface area contributed by atoms with Crippen molar-refractivity contribution in [1.82, 2.24) is 5.32 Å². The summed E-state index contributed by atoms with van der Waals surface area (Å²) in [5, 5.41) is 3.12. The number of methoxy groups -OCH3 is 1. The zero-order valence-corrected chi connectivity index (χ0v) is 15.7. The van der Waals surface area contributed by atoms with Gasteiger partial charge in [0.2, 0.25) is 11.8 Å². The lowest BCUT2D eigenvalue weighted by molar-refractivity contribution is -0.124. The van der Waals surface area contributed by atoms with Gasteiger partial charge in [-0.1, -0.05) is 42.0 Å². The predicted molar refractivity (Wildman–Crippen MR) is 104 cm³/mol. The number of benzene rings is 2. The summed E-state index contributed by atoms with van der Waals surface area (Å²) < 4.78 is 5.37. The average molecular weight is 364 g/mol. The molecule has 5 nitrogen and oxygen atoms in total. The highest BCUT2D eigenvalue weighted by Crippen LogP contribution is 2.48. The van der Waals surface area contributed by atoms with Crippen LogP contribution in [0.5, 0.6) is 5.75 Å². The van der Waals surface area contributed by atoms with Gasteiger partial charge in [0.25, 0.3) is 0 Å². The second-order valence-electron chi connectivity index (χ2n) is 7.50. The highest BCUT2D eigenvalue weighted by molar-refractivity contribution is 5.99. The van der Waals surface area contributed by atoms with Crippen molar-refractivity contribution < 1.29 is 14.3 Å². The van der Waals surface area contributed by atoms with E-state index in [0.29, 0.717) is 18.7 Å². The number of amides is 2. The summed E-state index contributed by atoms with van der Waals surface area (Å²) in [6.07, 6.45) is 2.03. The number of aryl methyl sites for hydroxylation is 1. The Bertz CT molecular complexity index is 871. The summed E-state index contributed by atoms with van der Waals surface area (Å²) in [6.45, 7) is 2.51. The van der Waals surface area contributed by atoms with Gasteiger partial charge >= 0.3 is 0 Å². The zero-order valence-electron chi connectivity index (χ0n) is 15.7. The van der Waals surface area contributed by atoms with Crippen molar-refractivity contribution in [1.29, 1.82) is 0 Å². The molecule has 2 aliphatic rings. The van der Waals surface area contributed by atoms with Crippen molar-refractivity contribution >= 4 is 17.5 Å². The fourth-order valence-corrected chi connectivity index (χ4v) is 3.86. The molecule has 27 heavy (non-hydrogen) atoms. The molecule has 2 fully saturated rings. The smallest absolute Gasteiger partial charge is 0.230 e. The second kappa shape index (κ2) is 6.72. The summed E-state index contributed by atoms with van der Waals surface area (Å²) in [5.74, 6) is 0.701. The van der Waals surface area contributed by atoms with Crippen LogP contribution in [0.2, 0.25) is 0 Å². The normalized spacial score (nSPS) is 20.4. The molecule has 5 heteroatoms. The lowest BCUT2D eigenvalue weighted by Crippen LogP contribution is -2.43. The van der Waals surface area contributed by atoms with Crippen LogP contribution in [-0.2, 0) is 15.0 Å². The van der Waals surface area contributed by atoms with Gasteiger partial charge in [-0.2, -0.15) is 0 Å². The Kier molecular flexibility index (Phi) is 4.38. The van der Waals surface area contributed by atoms with Crippen molar-refractivity contribution in [2.75, 3.05) is 18.6 Å². The standard InChI is InChI=1S/C22H24N2O3/c1-15-7-9-16(10-8-15)22(11-12-22)21(26)23-17-13-20(25)24(14-17)18-5-3-4-6-19(18)27-2/h3-10,17H,11-14H2,1-2H3,(H,23,26)/t17-/m1/s1. The van der Waals surface area contributed by atoms with E-state index in [-0.39, 0.29) is 17.9 Å². The summed E-state index contributed by atoms with van der Waals surface area (Å²) >= 11 is 0. The molecule has 1 saturated heterocycles. The van der Waals surface area contributed by atoms with Crippen molar-refractivity contribution in [3.63, 3.8) is 0 Å². The maximum atomic E-state index is 13.0. The third-order valence-corrected chi connectivity index (χ3v) is 5.63. The molecule has 0 aromatic heterocycles. The number of ether oxygens (including phenoxy) is 1. The lowest BCUT2D eigenvalue weighted by atomic mass is 9.94. The number of carbonyl (C=O) groups is 2. The number of nitrogens with zero attached hydrogens (tertiary/aromatic N) is 1. The molecule has 1 heterocycles. The predicted octanol–water partition coefficient (Wildman–Crippen LogP) is 2.96. The molecule has 1 saturated carbocycles. The van der Waals surface area contributed by atoms with Crippen LogP contribution in [0.1, 0.15) is 30.4 Å². The fraction of sp³-hybridized carbons (Fsp3) is 0.364. The highest BCUT2D eigenvalue weighted by Gasteiger charge is 2.52. The van der Waals surface area contributed by atoms with Crippen LogP contribution < -0.4 is 15.0 Å². The molecule has 0 bridgehead atoms. The van der Waals surface area contributed by atoms with Gasteiger partial charge in [-0.05, 0) is 37.5 Å². The Morgan fingerprint density at radius 1 is 1.15 bits per heavy atom. The topological polar surface area (TPSA) is 58.6 Å². The summed E-state index contributed by atoms with van der Waals surface area (Å²) in [5.41, 5.74) is 2.58. The van der Waals surface area contributed by atoms with E-state index < -0.39 is 5.41 Å². The van der Waals surface area contributed by atoms with Gasteiger partial charge < -0.3 is 15.0 Å². The molecule has 1 N–H and O–H groups in total. The zero-order chi connectivity index (χ0) is 19.0. The van der Waals surface area contributed by atoms with Crippen LogP contribution in [0.25, 0.3) is 0 Å². The van der Waals surface area contributed by atoms with Gasteiger partial charge in [-0.15, -0.1) is 0 Å². The molecule has 1 atom stereocenters. The largest absolute Gasteiger partial charge is 0.495 e. The maximum Gasteiger partial charge on any atom is 0.230 e. The molecule has 4 rings (SSSR count). The fourth-order valence-electron chi connectivity index (χ4n) is 3.86. The van der Waals surface area contributed by atoms with Crippen molar-refractivity contribution in [2.24, 2.45) is 0 Å². The van der Waals surface area contributed by atoms with E-state index in [2.05, 4.69) is 5.32 Å².